The van der Waals surface area contributed by atoms with E-state index in [1.165, 1.54) is 5.56 Å². The topological polar surface area (TPSA) is 52.7 Å². The van der Waals surface area contributed by atoms with Crippen molar-refractivity contribution in [2.75, 3.05) is 32.0 Å². The lowest BCUT2D eigenvalue weighted by Crippen LogP contribution is -2.45. The Morgan fingerprint density at radius 1 is 1.15 bits per heavy atom. The molecule has 2 rings (SSSR count). The van der Waals surface area contributed by atoms with E-state index >= 15 is 0 Å². The SMILES string of the molecule is CCC(C)c1ccc(NC(=O)CN2CCC(C(=O)N(C)C(C)C)CC2)cc1. The monoisotopic (exact) mass is 373 g/mol. The summed E-state index contributed by atoms with van der Waals surface area (Å²) in [4.78, 5) is 28.7. The second-order valence-electron chi connectivity index (χ2n) is 8.07. The predicted molar refractivity (Wildman–Crippen MR) is 111 cm³/mol. The molecule has 27 heavy (non-hydrogen) atoms. The Bertz CT molecular complexity index is 619. The fourth-order valence-corrected chi connectivity index (χ4v) is 3.41. The Morgan fingerprint density at radius 2 is 1.74 bits per heavy atom. The maximum absolute atomic E-state index is 12.4. The van der Waals surface area contributed by atoms with Crippen LogP contribution in [0.25, 0.3) is 0 Å². The number of piperidine rings is 1. The maximum atomic E-state index is 12.4. The van der Waals surface area contributed by atoms with Gasteiger partial charge in [-0.15, -0.1) is 0 Å². The summed E-state index contributed by atoms with van der Waals surface area (Å²) in [6.07, 6.45) is 2.76. The van der Waals surface area contributed by atoms with Crippen LogP contribution in [0.1, 0.15) is 58.4 Å². The molecule has 1 atom stereocenters. The molecule has 0 bridgehead atoms. The van der Waals surface area contributed by atoms with Gasteiger partial charge in [-0.05, 0) is 69.8 Å². The fourth-order valence-electron chi connectivity index (χ4n) is 3.41. The summed E-state index contributed by atoms with van der Waals surface area (Å²) < 4.78 is 0. The molecule has 1 heterocycles. The number of anilines is 1. The fraction of sp³-hybridized carbons (Fsp3) is 0.636. The van der Waals surface area contributed by atoms with Crippen molar-refractivity contribution in [1.82, 2.24) is 9.80 Å². The average molecular weight is 374 g/mol. The highest BCUT2D eigenvalue weighted by Crippen LogP contribution is 2.22. The summed E-state index contributed by atoms with van der Waals surface area (Å²) in [7, 11) is 1.87. The van der Waals surface area contributed by atoms with Gasteiger partial charge in [0.15, 0.2) is 0 Å². The van der Waals surface area contributed by atoms with Crippen LogP contribution in [-0.2, 0) is 9.59 Å². The highest BCUT2D eigenvalue weighted by molar-refractivity contribution is 5.92. The Kier molecular flexibility index (Phi) is 7.84. The highest BCUT2D eigenvalue weighted by atomic mass is 16.2. The van der Waals surface area contributed by atoms with E-state index in [0.29, 0.717) is 12.5 Å². The largest absolute Gasteiger partial charge is 0.343 e. The van der Waals surface area contributed by atoms with Crippen LogP contribution in [0.5, 0.6) is 0 Å². The van der Waals surface area contributed by atoms with Crippen LogP contribution in [0, 0.1) is 5.92 Å². The zero-order chi connectivity index (χ0) is 20.0. The van der Waals surface area contributed by atoms with Crippen molar-refractivity contribution >= 4 is 17.5 Å². The molecule has 1 unspecified atom stereocenters. The van der Waals surface area contributed by atoms with Crippen LogP contribution in [0.4, 0.5) is 5.69 Å². The summed E-state index contributed by atoms with van der Waals surface area (Å²) in [6, 6.07) is 8.36. The van der Waals surface area contributed by atoms with Gasteiger partial charge in [0.25, 0.3) is 0 Å². The second-order valence-corrected chi connectivity index (χ2v) is 8.07. The van der Waals surface area contributed by atoms with E-state index < -0.39 is 0 Å². The summed E-state index contributed by atoms with van der Waals surface area (Å²) >= 11 is 0. The molecule has 1 fully saturated rings. The van der Waals surface area contributed by atoms with Crippen molar-refractivity contribution in [3.63, 3.8) is 0 Å². The number of hydrogen-bond acceptors (Lipinski definition) is 3. The van der Waals surface area contributed by atoms with Crippen molar-refractivity contribution in [2.45, 2.75) is 58.9 Å². The molecule has 0 aromatic heterocycles. The Morgan fingerprint density at radius 3 is 2.26 bits per heavy atom. The number of nitrogens with one attached hydrogen (secondary N) is 1. The zero-order valence-corrected chi connectivity index (χ0v) is 17.5. The Hall–Kier alpha value is -1.88. The van der Waals surface area contributed by atoms with Gasteiger partial charge in [-0.25, -0.2) is 0 Å². The van der Waals surface area contributed by atoms with Gasteiger partial charge in [-0.3, -0.25) is 14.5 Å². The quantitative estimate of drug-likeness (QED) is 0.792. The van der Waals surface area contributed by atoms with Crippen LogP contribution < -0.4 is 5.32 Å². The van der Waals surface area contributed by atoms with Crippen molar-refractivity contribution in [3.05, 3.63) is 29.8 Å². The van der Waals surface area contributed by atoms with Crippen LogP contribution >= 0.6 is 0 Å². The summed E-state index contributed by atoms with van der Waals surface area (Å²) in [6.45, 7) is 10.4. The smallest absolute Gasteiger partial charge is 0.238 e. The number of benzene rings is 1. The van der Waals surface area contributed by atoms with Crippen molar-refractivity contribution in [2.24, 2.45) is 5.92 Å². The van der Waals surface area contributed by atoms with Crippen molar-refractivity contribution in [1.29, 1.82) is 0 Å². The van der Waals surface area contributed by atoms with E-state index in [4.69, 9.17) is 0 Å². The Labute approximate surface area is 164 Å². The van der Waals surface area contributed by atoms with E-state index in [-0.39, 0.29) is 23.8 Å². The molecule has 1 N–H and O–H groups in total. The molecule has 1 aliphatic rings. The van der Waals surface area contributed by atoms with Gasteiger partial charge >= 0.3 is 0 Å². The number of amides is 2. The van der Waals surface area contributed by atoms with E-state index in [1.807, 2.05) is 37.9 Å². The van der Waals surface area contributed by atoms with Gasteiger partial charge in [-0.1, -0.05) is 26.0 Å². The maximum Gasteiger partial charge on any atom is 0.238 e. The molecule has 1 aromatic carbocycles. The lowest BCUT2D eigenvalue weighted by atomic mass is 9.95. The Balaban J connectivity index is 1.78. The molecule has 0 saturated carbocycles. The first-order chi connectivity index (χ1) is 12.8. The van der Waals surface area contributed by atoms with Crippen LogP contribution in [-0.4, -0.2) is 54.3 Å². The average Bonchev–Trinajstić information content (AvgIpc) is 2.67. The third-order valence-electron chi connectivity index (χ3n) is 5.80. The summed E-state index contributed by atoms with van der Waals surface area (Å²) in [5, 5.41) is 2.98. The zero-order valence-electron chi connectivity index (χ0n) is 17.5. The third kappa shape index (κ3) is 6.06. The van der Waals surface area contributed by atoms with E-state index in [0.717, 1.165) is 38.0 Å². The minimum Gasteiger partial charge on any atom is -0.343 e. The van der Waals surface area contributed by atoms with Gasteiger partial charge in [0.2, 0.25) is 11.8 Å². The van der Waals surface area contributed by atoms with Gasteiger partial charge in [0.05, 0.1) is 6.54 Å². The van der Waals surface area contributed by atoms with Gasteiger partial charge in [-0.2, -0.15) is 0 Å². The molecule has 0 aliphatic carbocycles. The molecule has 150 valence electrons. The molecule has 2 amide bonds. The molecule has 1 saturated heterocycles. The van der Waals surface area contributed by atoms with E-state index in [1.54, 1.807) is 0 Å². The molecule has 1 aliphatic heterocycles. The molecular formula is C22H35N3O2. The van der Waals surface area contributed by atoms with Crippen LogP contribution in [0.3, 0.4) is 0 Å². The number of carbonyl (C=O) groups is 2. The lowest BCUT2D eigenvalue weighted by Gasteiger charge is -2.33. The summed E-state index contributed by atoms with van der Waals surface area (Å²) in [5.74, 6) is 0.865. The molecule has 0 spiro atoms. The minimum absolute atomic E-state index is 0.00960. The highest BCUT2D eigenvalue weighted by Gasteiger charge is 2.28. The number of nitrogens with zero attached hydrogens (tertiary/aromatic N) is 2. The minimum atomic E-state index is 0.00960. The van der Waals surface area contributed by atoms with E-state index in [9.17, 15) is 9.59 Å². The summed E-state index contributed by atoms with van der Waals surface area (Å²) in [5.41, 5.74) is 2.14. The molecule has 0 radical (unpaired) electrons. The normalized spacial score (nSPS) is 17.0. The van der Waals surface area contributed by atoms with Gasteiger partial charge < -0.3 is 10.2 Å². The first kappa shape index (κ1) is 21.4. The van der Waals surface area contributed by atoms with Crippen molar-refractivity contribution in [3.8, 4) is 0 Å². The van der Waals surface area contributed by atoms with Crippen LogP contribution in [0.2, 0.25) is 0 Å². The molecular weight excluding hydrogens is 338 g/mol. The third-order valence-corrected chi connectivity index (χ3v) is 5.80. The number of rotatable bonds is 7. The molecule has 5 heteroatoms. The first-order valence-electron chi connectivity index (χ1n) is 10.2. The number of carbonyl (C=O) groups excluding carboxylic acids is 2. The standard InChI is InChI=1S/C22H35N3O2/c1-6-17(4)18-7-9-20(10-8-18)23-21(26)15-25-13-11-19(12-14-25)22(27)24(5)16(2)3/h7-10,16-17,19H,6,11-15H2,1-5H3,(H,23,26). The number of likely N-dealkylation sites (tertiary alicyclic amines) is 1. The van der Waals surface area contributed by atoms with Crippen LogP contribution in [0.15, 0.2) is 24.3 Å². The van der Waals surface area contributed by atoms with Gasteiger partial charge in [0.1, 0.15) is 0 Å². The molecule has 5 nitrogen and oxygen atoms in total. The second kappa shape index (κ2) is 9.88. The molecule has 1 aromatic rings. The van der Waals surface area contributed by atoms with E-state index in [2.05, 4.69) is 36.2 Å². The number of hydrogen-bond donors (Lipinski definition) is 1. The van der Waals surface area contributed by atoms with Crippen molar-refractivity contribution < 1.29 is 9.59 Å². The van der Waals surface area contributed by atoms with Gasteiger partial charge in [0, 0.05) is 24.7 Å². The lowest BCUT2D eigenvalue weighted by molar-refractivity contribution is -0.137. The first-order valence-corrected chi connectivity index (χ1v) is 10.2. The predicted octanol–water partition coefficient (Wildman–Crippen LogP) is 3.72.